The van der Waals surface area contributed by atoms with E-state index in [-0.39, 0.29) is 32.1 Å². The van der Waals surface area contributed by atoms with Crippen molar-refractivity contribution in [3.63, 3.8) is 0 Å². The zero-order valence-corrected chi connectivity index (χ0v) is 15.5. The average Bonchev–Trinajstić information content (AvgIpc) is 2.88. The van der Waals surface area contributed by atoms with E-state index < -0.39 is 35.1 Å². The van der Waals surface area contributed by atoms with Gasteiger partial charge in [-0.15, -0.1) is 0 Å². The number of carbonyl (C=O) groups is 2. The Morgan fingerprint density at radius 3 is 2.59 bits per heavy atom. The number of hydrogen-bond acceptors (Lipinski definition) is 6. The second kappa shape index (κ2) is 8.04. The molecule has 0 aromatic heterocycles. The van der Waals surface area contributed by atoms with Gasteiger partial charge in [-0.25, -0.2) is 8.78 Å². The average molecular weight is 386 g/mol. The standard InChI is InChI=1S/C18H24F2N2O5/c1-21-8-15(12-5-13(19)7-14(20)6-12)22(9-16(23)25-2)17(24)18(21)10-26-3-4-27-11-18/h5,7,12,15H,3-4,6,8-11H2,1-2H3/t12?,15-/m0/s1. The Labute approximate surface area is 156 Å². The summed E-state index contributed by atoms with van der Waals surface area (Å²) in [6.07, 6.45) is 2.11. The van der Waals surface area contributed by atoms with E-state index in [4.69, 9.17) is 14.2 Å². The largest absolute Gasteiger partial charge is 0.468 e. The molecule has 2 aliphatic heterocycles. The Kier molecular flexibility index (Phi) is 5.92. The van der Waals surface area contributed by atoms with Crippen molar-refractivity contribution in [2.24, 2.45) is 5.92 Å². The lowest BCUT2D eigenvalue weighted by Crippen LogP contribution is -2.72. The third-order valence-electron chi connectivity index (χ3n) is 5.42. The predicted octanol–water partition coefficient (Wildman–Crippen LogP) is 0.814. The van der Waals surface area contributed by atoms with Crippen molar-refractivity contribution in [2.45, 2.75) is 18.0 Å². The topological polar surface area (TPSA) is 68.3 Å². The first-order valence-electron chi connectivity index (χ1n) is 8.85. The van der Waals surface area contributed by atoms with Crippen LogP contribution in [0.1, 0.15) is 6.42 Å². The molecule has 1 amide bonds. The lowest BCUT2D eigenvalue weighted by Gasteiger charge is -2.52. The van der Waals surface area contributed by atoms with Gasteiger partial charge in [0.15, 0.2) is 0 Å². The smallest absolute Gasteiger partial charge is 0.325 e. The fourth-order valence-electron chi connectivity index (χ4n) is 3.87. The molecule has 3 rings (SSSR count). The van der Waals surface area contributed by atoms with Crippen LogP contribution in [0.3, 0.4) is 0 Å². The maximum absolute atomic E-state index is 13.8. The predicted molar refractivity (Wildman–Crippen MR) is 91.0 cm³/mol. The van der Waals surface area contributed by atoms with Gasteiger partial charge in [-0.2, -0.15) is 0 Å². The fraction of sp³-hybridized carbons (Fsp3) is 0.667. The summed E-state index contributed by atoms with van der Waals surface area (Å²) in [6, 6.07) is -0.583. The molecule has 1 aliphatic carbocycles. The van der Waals surface area contributed by atoms with Crippen LogP contribution in [0.25, 0.3) is 0 Å². The number of likely N-dealkylation sites (N-methyl/N-ethyl adjacent to an activating group) is 1. The molecule has 0 bridgehead atoms. The summed E-state index contributed by atoms with van der Waals surface area (Å²) in [4.78, 5) is 28.5. The van der Waals surface area contributed by atoms with Crippen LogP contribution in [0.4, 0.5) is 8.78 Å². The Bertz CT molecular complexity index is 658. The summed E-state index contributed by atoms with van der Waals surface area (Å²) in [5.74, 6) is -2.82. The highest BCUT2D eigenvalue weighted by molar-refractivity contribution is 5.91. The lowest BCUT2D eigenvalue weighted by molar-refractivity contribution is -0.169. The molecule has 0 radical (unpaired) electrons. The molecule has 9 heteroatoms. The molecule has 3 aliphatic rings. The van der Waals surface area contributed by atoms with Crippen LogP contribution in [0.2, 0.25) is 0 Å². The zero-order valence-electron chi connectivity index (χ0n) is 15.5. The molecule has 7 nitrogen and oxygen atoms in total. The van der Waals surface area contributed by atoms with E-state index in [9.17, 15) is 18.4 Å². The van der Waals surface area contributed by atoms with E-state index in [0.29, 0.717) is 19.8 Å². The first-order valence-corrected chi connectivity index (χ1v) is 8.85. The summed E-state index contributed by atoms with van der Waals surface area (Å²) >= 11 is 0. The minimum atomic E-state index is -1.08. The number of hydrogen-bond donors (Lipinski definition) is 0. The van der Waals surface area contributed by atoms with Crippen LogP contribution < -0.4 is 0 Å². The van der Waals surface area contributed by atoms with Gasteiger partial charge in [0.25, 0.3) is 0 Å². The third-order valence-corrected chi connectivity index (χ3v) is 5.42. The number of esters is 1. The molecular formula is C18H24F2N2O5. The van der Waals surface area contributed by atoms with E-state index in [1.807, 2.05) is 0 Å². The van der Waals surface area contributed by atoms with Crippen LogP contribution in [-0.2, 0) is 23.8 Å². The van der Waals surface area contributed by atoms with Gasteiger partial charge in [-0.05, 0) is 13.1 Å². The summed E-state index contributed by atoms with van der Waals surface area (Å²) in [7, 11) is 2.99. The summed E-state index contributed by atoms with van der Waals surface area (Å²) in [5.41, 5.74) is -1.08. The Balaban J connectivity index is 1.93. The quantitative estimate of drug-likeness (QED) is 0.669. The third kappa shape index (κ3) is 3.90. The second-order valence-corrected chi connectivity index (χ2v) is 7.10. The van der Waals surface area contributed by atoms with Gasteiger partial charge in [0.1, 0.15) is 23.7 Å². The number of amides is 1. The van der Waals surface area contributed by atoms with Crippen LogP contribution in [-0.4, -0.2) is 86.9 Å². The van der Waals surface area contributed by atoms with E-state index >= 15 is 0 Å². The lowest BCUT2D eigenvalue weighted by atomic mass is 9.84. The first kappa shape index (κ1) is 19.9. The molecule has 27 heavy (non-hydrogen) atoms. The van der Waals surface area contributed by atoms with Gasteiger partial charge in [0, 0.05) is 25.0 Å². The Morgan fingerprint density at radius 1 is 1.33 bits per heavy atom. The van der Waals surface area contributed by atoms with Crippen molar-refractivity contribution < 1.29 is 32.6 Å². The zero-order chi connectivity index (χ0) is 19.6. The van der Waals surface area contributed by atoms with Gasteiger partial charge < -0.3 is 19.1 Å². The summed E-state index contributed by atoms with van der Waals surface area (Å²) < 4.78 is 43.4. The Hall–Kier alpha value is -1.84. The molecule has 2 heterocycles. The van der Waals surface area contributed by atoms with Crippen molar-refractivity contribution >= 4 is 11.9 Å². The van der Waals surface area contributed by atoms with Crippen molar-refractivity contribution in [1.82, 2.24) is 9.80 Å². The van der Waals surface area contributed by atoms with Crippen molar-refractivity contribution in [1.29, 1.82) is 0 Å². The first-order chi connectivity index (χ1) is 12.9. The SMILES string of the molecule is COC(=O)CN1C(=O)C2(COCCOC2)N(C)C[C@H]1C1C=C(F)C=C(F)C1. The van der Waals surface area contributed by atoms with Crippen LogP contribution >= 0.6 is 0 Å². The number of ether oxygens (including phenoxy) is 3. The highest BCUT2D eigenvalue weighted by Crippen LogP contribution is 2.35. The summed E-state index contributed by atoms with van der Waals surface area (Å²) in [5, 5.41) is 0. The maximum Gasteiger partial charge on any atom is 0.325 e. The molecule has 2 saturated heterocycles. The van der Waals surface area contributed by atoms with Gasteiger partial charge >= 0.3 is 5.97 Å². The molecule has 2 atom stereocenters. The van der Waals surface area contributed by atoms with Crippen molar-refractivity contribution in [3.05, 3.63) is 23.8 Å². The monoisotopic (exact) mass is 386 g/mol. The molecule has 0 saturated carbocycles. The normalized spacial score (nSPS) is 29.2. The second-order valence-electron chi connectivity index (χ2n) is 7.10. The van der Waals surface area contributed by atoms with Gasteiger partial charge in [-0.1, -0.05) is 0 Å². The molecular weight excluding hydrogens is 362 g/mol. The number of piperazine rings is 1. The maximum atomic E-state index is 13.8. The number of allylic oxidation sites excluding steroid dienone is 3. The van der Waals surface area contributed by atoms with E-state index in [1.165, 1.54) is 18.1 Å². The van der Waals surface area contributed by atoms with Crippen molar-refractivity contribution in [2.75, 3.05) is 53.7 Å². The van der Waals surface area contributed by atoms with Crippen molar-refractivity contribution in [3.8, 4) is 0 Å². The highest BCUT2D eigenvalue weighted by Gasteiger charge is 2.54. The van der Waals surface area contributed by atoms with Crippen LogP contribution in [0.15, 0.2) is 23.8 Å². The molecule has 1 unspecified atom stereocenters. The molecule has 0 N–H and O–H groups in total. The number of rotatable bonds is 3. The summed E-state index contributed by atoms with van der Waals surface area (Å²) in [6.45, 7) is 1.00. The molecule has 0 aromatic carbocycles. The van der Waals surface area contributed by atoms with E-state index in [0.717, 1.165) is 6.08 Å². The number of methoxy groups -OCH3 is 1. The molecule has 1 spiro atoms. The van der Waals surface area contributed by atoms with Crippen LogP contribution in [0, 0.1) is 5.92 Å². The minimum absolute atomic E-state index is 0.0309. The highest BCUT2D eigenvalue weighted by atomic mass is 19.1. The molecule has 0 aromatic rings. The van der Waals surface area contributed by atoms with Gasteiger partial charge in [0.05, 0.1) is 39.6 Å². The Morgan fingerprint density at radius 2 is 2.00 bits per heavy atom. The minimum Gasteiger partial charge on any atom is -0.468 e. The molecule has 2 fully saturated rings. The number of halogens is 2. The van der Waals surface area contributed by atoms with E-state index in [1.54, 1.807) is 11.9 Å². The number of carbonyl (C=O) groups excluding carboxylic acids is 2. The van der Waals surface area contributed by atoms with Gasteiger partial charge in [-0.3, -0.25) is 14.5 Å². The molecule has 150 valence electrons. The fourth-order valence-corrected chi connectivity index (χ4v) is 3.87. The van der Waals surface area contributed by atoms with Crippen LogP contribution in [0.5, 0.6) is 0 Å². The van der Waals surface area contributed by atoms with Gasteiger partial charge in [0.2, 0.25) is 5.91 Å². The number of nitrogens with zero attached hydrogens (tertiary/aromatic N) is 2. The van der Waals surface area contributed by atoms with E-state index in [2.05, 4.69) is 0 Å².